The van der Waals surface area contributed by atoms with E-state index in [-0.39, 0.29) is 0 Å². The predicted molar refractivity (Wildman–Crippen MR) is 274 cm³/mol. The van der Waals surface area contributed by atoms with Crippen LogP contribution in [0, 0.1) is 0 Å². The van der Waals surface area contributed by atoms with Crippen LogP contribution in [0.1, 0.15) is 0 Å². The summed E-state index contributed by atoms with van der Waals surface area (Å²) >= 11 is 1.86. The first-order chi connectivity index (χ1) is 31.7. The zero-order valence-electron chi connectivity index (χ0n) is 34.9. The fourth-order valence-electron chi connectivity index (χ4n) is 9.34. The predicted octanol–water partition coefficient (Wildman–Crippen LogP) is 17.4. The fraction of sp³-hybridized carbons (Fsp3) is 0. The number of anilines is 6. The number of hydrogen-bond acceptors (Lipinski definition) is 3. The monoisotopic (exact) mass is 835 g/mol. The molecule has 2 heterocycles. The molecule has 0 amide bonds. The van der Waals surface area contributed by atoms with E-state index in [2.05, 4.69) is 263 Å². The van der Waals surface area contributed by atoms with Gasteiger partial charge in [0.25, 0.3) is 0 Å². The van der Waals surface area contributed by atoms with Gasteiger partial charge in [-0.25, -0.2) is 0 Å². The first kappa shape index (κ1) is 37.6. The molecule has 12 aromatic rings. The summed E-state index contributed by atoms with van der Waals surface area (Å²) in [5, 5.41) is 5.07. The molecule has 0 spiro atoms. The van der Waals surface area contributed by atoms with Crippen LogP contribution in [-0.2, 0) is 0 Å². The van der Waals surface area contributed by atoms with E-state index in [1.807, 2.05) is 11.3 Å². The Hall–Kier alpha value is -8.18. The number of fused-ring (bicyclic) bond motifs is 6. The van der Waals surface area contributed by atoms with Crippen molar-refractivity contribution in [2.45, 2.75) is 0 Å². The van der Waals surface area contributed by atoms with Gasteiger partial charge >= 0.3 is 0 Å². The van der Waals surface area contributed by atoms with Crippen molar-refractivity contribution in [3.8, 4) is 27.9 Å². The molecule has 0 radical (unpaired) electrons. The summed E-state index contributed by atoms with van der Waals surface area (Å²) in [6.45, 7) is 0. The van der Waals surface area contributed by atoms with Crippen LogP contribution < -0.4 is 9.80 Å². The summed E-state index contributed by atoms with van der Waals surface area (Å²) in [6, 6.07) is 90.0. The molecule has 0 atom stereocenters. The maximum absolute atomic E-state index is 2.39. The van der Waals surface area contributed by atoms with Crippen LogP contribution in [0.25, 0.3) is 69.9 Å². The number of para-hydroxylation sites is 4. The van der Waals surface area contributed by atoms with Gasteiger partial charge in [0.15, 0.2) is 0 Å². The summed E-state index contributed by atoms with van der Waals surface area (Å²) in [6.07, 6.45) is 0. The SMILES string of the molecule is c1ccc(-c2ccc(N(c3ccccc3)c3cccc(N(c4ccccc4)c4ccc5c(c4)sc4ccc(-c6ccc7c8ccccc8n(-c8ccccc8)c7c6)cc45)c3)cc2)cc1. The highest BCUT2D eigenvalue weighted by molar-refractivity contribution is 7.25. The van der Waals surface area contributed by atoms with Gasteiger partial charge < -0.3 is 14.4 Å². The molecule has 0 aliphatic heterocycles. The lowest BCUT2D eigenvalue weighted by molar-refractivity contribution is 1.18. The third-order valence-electron chi connectivity index (χ3n) is 12.3. The van der Waals surface area contributed by atoms with Crippen molar-refractivity contribution in [1.82, 2.24) is 4.57 Å². The summed E-state index contributed by atoms with van der Waals surface area (Å²) in [4.78, 5) is 4.72. The van der Waals surface area contributed by atoms with Crippen LogP contribution in [0.2, 0.25) is 0 Å². The van der Waals surface area contributed by atoms with E-state index in [1.54, 1.807) is 0 Å². The highest BCUT2D eigenvalue weighted by Crippen LogP contribution is 2.44. The van der Waals surface area contributed by atoms with E-state index in [0.29, 0.717) is 0 Å². The molecule has 0 saturated heterocycles. The van der Waals surface area contributed by atoms with Crippen LogP contribution in [0.15, 0.2) is 249 Å². The number of nitrogens with zero attached hydrogens (tertiary/aromatic N) is 3. The Morgan fingerprint density at radius 2 is 0.750 bits per heavy atom. The van der Waals surface area contributed by atoms with Crippen LogP contribution >= 0.6 is 11.3 Å². The number of aromatic nitrogens is 1. The molecule has 0 bridgehead atoms. The highest BCUT2D eigenvalue weighted by Gasteiger charge is 2.19. The lowest BCUT2D eigenvalue weighted by Crippen LogP contribution is -2.13. The summed E-state index contributed by atoms with van der Waals surface area (Å²) < 4.78 is 4.93. The maximum Gasteiger partial charge on any atom is 0.0547 e. The van der Waals surface area contributed by atoms with E-state index in [4.69, 9.17) is 0 Å². The van der Waals surface area contributed by atoms with Gasteiger partial charge in [-0.1, -0.05) is 146 Å². The fourth-order valence-corrected chi connectivity index (χ4v) is 10.5. The van der Waals surface area contributed by atoms with Crippen molar-refractivity contribution in [1.29, 1.82) is 0 Å². The molecule has 0 saturated carbocycles. The van der Waals surface area contributed by atoms with E-state index in [9.17, 15) is 0 Å². The van der Waals surface area contributed by atoms with Gasteiger partial charge in [0.05, 0.1) is 11.0 Å². The normalized spacial score (nSPS) is 11.4. The summed E-state index contributed by atoms with van der Waals surface area (Å²) in [5.74, 6) is 0. The van der Waals surface area contributed by atoms with Crippen molar-refractivity contribution in [2.75, 3.05) is 9.80 Å². The van der Waals surface area contributed by atoms with Crippen molar-refractivity contribution in [3.05, 3.63) is 249 Å². The van der Waals surface area contributed by atoms with Gasteiger partial charge in [-0.05, 0) is 125 Å². The Labute approximate surface area is 376 Å². The molecule has 0 aliphatic carbocycles. The zero-order chi connectivity index (χ0) is 42.4. The summed E-state index contributed by atoms with van der Waals surface area (Å²) in [7, 11) is 0. The highest BCUT2D eigenvalue weighted by atomic mass is 32.1. The van der Waals surface area contributed by atoms with Gasteiger partial charge in [-0.2, -0.15) is 0 Å². The Morgan fingerprint density at radius 1 is 0.266 bits per heavy atom. The van der Waals surface area contributed by atoms with Crippen LogP contribution in [0.4, 0.5) is 34.1 Å². The van der Waals surface area contributed by atoms with E-state index in [0.717, 1.165) is 34.1 Å². The number of thiophene rings is 1. The third kappa shape index (κ3) is 6.69. The lowest BCUT2D eigenvalue weighted by Gasteiger charge is -2.29. The van der Waals surface area contributed by atoms with Gasteiger partial charge in [-0.3, -0.25) is 0 Å². The standard InChI is InChI=1S/C60H41N3S/c1-5-16-42(17-6-1)43-28-32-49(33-29-43)61(46-18-7-2-8-19-46)50-24-15-25-51(40-50)62(47-20-9-3-10-21-47)52-34-36-55-56-38-44(31-37-59(56)64-60(55)41-52)45-30-35-54-53-26-13-14-27-57(53)63(58(54)39-45)48-22-11-4-12-23-48/h1-41H. The second-order valence-electron chi connectivity index (χ2n) is 16.2. The lowest BCUT2D eigenvalue weighted by atomic mass is 10.0. The quantitative estimate of drug-likeness (QED) is 0.143. The second-order valence-corrected chi connectivity index (χ2v) is 17.3. The van der Waals surface area contributed by atoms with E-state index >= 15 is 0 Å². The number of benzene rings is 10. The summed E-state index contributed by atoms with van der Waals surface area (Å²) in [5.41, 5.74) is 15.0. The molecule has 64 heavy (non-hydrogen) atoms. The molecule has 3 nitrogen and oxygen atoms in total. The van der Waals surface area contributed by atoms with Crippen LogP contribution in [0.3, 0.4) is 0 Å². The van der Waals surface area contributed by atoms with Crippen LogP contribution in [-0.4, -0.2) is 4.57 Å². The second kappa shape index (κ2) is 15.9. The van der Waals surface area contributed by atoms with Crippen molar-refractivity contribution < 1.29 is 0 Å². The minimum Gasteiger partial charge on any atom is -0.310 e. The van der Waals surface area contributed by atoms with Crippen molar-refractivity contribution in [3.63, 3.8) is 0 Å². The molecule has 0 aliphatic rings. The third-order valence-corrected chi connectivity index (χ3v) is 13.5. The molecule has 0 N–H and O–H groups in total. The smallest absolute Gasteiger partial charge is 0.0547 e. The molecular formula is C60H41N3S. The first-order valence-electron chi connectivity index (χ1n) is 21.7. The van der Waals surface area contributed by atoms with Gasteiger partial charge in [0, 0.05) is 70.8 Å². The molecule has 0 unspecified atom stereocenters. The topological polar surface area (TPSA) is 11.4 Å². The van der Waals surface area contributed by atoms with Crippen LogP contribution in [0.5, 0.6) is 0 Å². The van der Waals surface area contributed by atoms with Gasteiger partial charge in [0.2, 0.25) is 0 Å². The van der Waals surface area contributed by atoms with Crippen molar-refractivity contribution in [2.24, 2.45) is 0 Å². The number of hydrogen-bond donors (Lipinski definition) is 0. The average molecular weight is 836 g/mol. The minimum absolute atomic E-state index is 1.08. The first-order valence-corrected chi connectivity index (χ1v) is 22.6. The Balaban J connectivity index is 0.936. The molecule has 4 heteroatoms. The molecule has 0 fully saturated rings. The molecule has 302 valence electrons. The Kier molecular flexibility index (Phi) is 9.36. The van der Waals surface area contributed by atoms with Gasteiger partial charge in [0.1, 0.15) is 0 Å². The largest absolute Gasteiger partial charge is 0.310 e. The average Bonchev–Trinajstić information content (AvgIpc) is 3.90. The Bertz CT molecular complexity index is 3600. The minimum atomic E-state index is 1.08. The van der Waals surface area contributed by atoms with Crippen molar-refractivity contribution >= 4 is 87.4 Å². The van der Waals surface area contributed by atoms with E-state index < -0.39 is 0 Å². The molecule has 12 rings (SSSR count). The Morgan fingerprint density at radius 3 is 1.47 bits per heavy atom. The maximum atomic E-state index is 2.39. The zero-order valence-corrected chi connectivity index (χ0v) is 35.7. The molecule has 2 aromatic heterocycles. The molecule has 10 aromatic carbocycles. The van der Waals surface area contributed by atoms with E-state index in [1.165, 1.54) is 69.9 Å². The molecular weight excluding hydrogens is 795 g/mol. The van der Waals surface area contributed by atoms with Gasteiger partial charge in [-0.15, -0.1) is 11.3 Å². The number of rotatable bonds is 9.